The minimum Gasteiger partial charge on any atom is -0.469 e. The van der Waals surface area contributed by atoms with Gasteiger partial charge in [-0.1, -0.05) is 0 Å². The van der Waals surface area contributed by atoms with E-state index in [4.69, 9.17) is 10.2 Å². The van der Waals surface area contributed by atoms with Gasteiger partial charge in [0.1, 0.15) is 5.76 Å². The Morgan fingerprint density at radius 3 is 3.08 bits per heavy atom. The summed E-state index contributed by atoms with van der Waals surface area (Å²) in [5, 5.41) is 2.82. The first-order chi connectivity index (χ1) is 6.25. The lowest BCUT2D eigenvalue weighted by atomic mass is 10.3. The molecule has 4 nitrogen and oxygen atoms in total. The number of nitrogens with one attached hydrogen (secondary N) is 1. The van der Waals surface area contributed by atoms with Crippen LogP contribution in [0.25, 0.3) is 0 Å². The lowest BCUT2D eigenvalue weighted by Gasteiger charge is -2.00. The highest BCUT2D eigenvalue weighted by atomic mass is 16.3. The summed E-state index contributed by atoms with van der Waals surface area (Å²) < 4.78 is 5.04. The molecule has 4 heteroatoms. The largest absolute Gasteiger partial charge is 0.469 e. The fourth-order valence-corrected chi connectivity index (χ4v) is 1.21. The topological polar surface area (TPSA) is 68.3 Å². The Kier molecular flexibility index (Phi) is 2.06. The summed E-state index contributed by atoms with van der Waals surface area (Å²) in [5.74, 6) is 0.666. The molecule has 2 rings (SSSR count). The highest BCUT2D eigenvalue weighted by molar-refractivity contribution is 5.78. The van der Waals surface area contributed by atoms with E-state index in [1.807, 2.05) is 0 Å². The van der Waals surface area contributed by atoms with E-state index in [0.29, 0.717) is 12.2 Å². The molecule has 1 fully saturated rings. The third-order valence-corrected chi connectivity index (χ3v) is 2.10. The van der Waals surface area contributed by atoms with Gasteiger partial charge in [0.05, 0.1) is 12.7 Å². The normalized spacial score (nSPS) is 25.6. The fourth-order valence-electron chi connectivity index (χ4n) is 1.21. The van der Waals surface area contributed by atoms with Crippen molar-refractivity contribution in [3.05, 3.63) is 24.2 Å². The van der Waals surface area contributed by atoms with Gasteiger partial charge in [0.15, 0.2) is 0 Å². The molecule has 0 bridgehead atoms. The van der Waals surface area contributed by atoms with Gasteiger partial charge in [0, 0.05) is 12.1 Å². The van der Waals surface area contributed by atoms with Crippen molar-refractivity contribution < 1.29 is 9.21 Å². The molecule has 0 saturated heterocycles. The van der Waals surface area contributed by atoms with Gasteiger partial charge in [-0.3, -0.25) is 4.79 Å². The molecule has 1 amide bonds. The van der Waals surface area contributed by atoms with Crippen molar-refractivity contribution in [2.24, 2.45) is 5.73 Å². The van der Waals surface area contributed by atoms with Gasteiger partial charge in [0.25, 0.3) is 0 Å². The van der Waals surface area contributed by atoms with E-state index in [-0.39, 0.29) is 18.0 Å². The van der Waals surface area contributed by atoms with Crippen LogP contribution in [0.15, 0.2) is 22.8 Å². The summed E-state index contributed by atoms with van der Waals surface area (Å²) in [6.45, 7) is 0. The Morgan fingerprint density at radius 2 is 2.54 bits per heavy atom. The Morgan fingerprint density at radius 1 is 1.77 bits per heavy atom. The first-order valence-electron chi connectivity index (χ1n) is 4.33. The summed E-state index contributed by atoms with van der Waals surface area (Å²) in [6.07, 6.45) is 2.76. The molecule has 1 aromatic heterocycles. The zero-order valence-corrected chi connectivity index (χ0v) is 7.19. The van der Waals surface area contributed by atoms with Crippen LogP contribution < -0.4 is 11.1 Å². The van der Waals surface area contributed by atoms with Gasteiger partial charge < -0.3 is 15.5 Å². The molecule has 3 N–H and O–H groups in total. The molecule has 1 heterocycles. The third-order valence-electron chi connectivity index (χ3n) is 2.10. The average Bonchev–Trinajstić information content (AvgIpc) is 2.61. The lowest BCUT2D eigenvalue weighted by molar-refractivity contribution is -0.120. The van der Waals surface area contributed by atoms with Gasteiger partial charge in [0.2, 0.25) is 5.91 Å². The van der Waals surface area contributed by atoms with Crippen LogP contribution in [0.2, 0.25) is 0 Å². The fraction of sp³-hybridized carbons (Fsp3) is 0.444. The quantitative estimate of drug-likeness (QED) is 0.690. The molecule has 0 spiro atoms. The van der Waals surface area contributed by atoms with Crippen LogP contribution in [0, 0.1) is 0 Å². The number of carbonyl (C=O) groups excluding carboxylic acids is 1. The zero-order valence-electron chi connectivity index (χ0n) is 7.19. The summed E-state index contributed by atoms with van der Waals surface area (Å²) in [7, 11) is 0. The first kappa shape index (κ1) is 8.31. The van der Waals surface area contributed by atoms with Gasteiger partial charge >= 0.3 is 0 Å². The molecule has 1 aromatic rings. The van der Waals surface area contributed by atoms with E-state index in [1.165, 1.54) is 0 Å². The Bertz CT molecular complexity index is 295. The molecule has 70 valence electrons. The Balaban J connectivity index is 1.79. The van der Waals surface area contributed by atoms with Crippen LogP contribution in [0.4, 0.5) is 0 Å². The number of hydrogen-bond donors (Lipinski definition) is 2. The smallest absolute Gasteiger partial charge is 0.227 e. The predicted molar refractivity (Wildman–Crippen MR) is 46.9 cm³/mol. The molecule has 0 radical (unpaired) electrons. The summed E-state index contributed by atoms with van der Waals surface area (Å²) in [6, 6.07) is 3.89. The molecule has 2 unspecified atom stereocenters. The molecule has 2 atom stereocenters. The van der Waals surface area contributed by atoms with E-state index in [1.54, 1.807) is 18.4 Å². The number of hydrogen-bond acceptors (Lipinski definition) is 3. The zero-order chi connectivity index (χ0) is 9.26. The predicted octanol–water partition coefficient (Wildman–Crippen LogP) is 0.0379. The summed E-state index contributed by atoms with van der Waals surface area (Å²) in [5.41, 5.74) is 5.55. The molecule has 0 aromatic carbocycles. The SMILES string of the molecule is NC1CC1NC(=O)Cc1ccco1. The third kappa shape index (κ3) is 2.09. The molecule has 0 aliphatic heterocycles. The van der Waals surface area contributed by atoms with E-state index >= 15 is 0 Å². The van der Waals surface area contributed by atoms with Crippen LogP contribution in [0.1, 0.15) is 12.2 Å². The van der Waals surface area contributed by atoms with Crippen molar-refractivity contribution in [1.82, 2.24) is 5.32 Å². The van der Waals surface area contributed by atoms with Crippen molar-refractivity contribution in [2.75, 3.05) is 0 Å². The van der Waals surface area contributed by atoms with Crippen LogP contribution in [-0.2, 0) is 11.2 Å². The van der Waals surface area contributed by atoms with Gasteiger partial charge in [-0.05, 0) is 18.6 Å². The number of nitrogens with two attached hydrogens (primary N) is 1. The maximum Gasteiger partial charge on any atom is 0.227 e. The van der Waals surface area contributed by atoms with Crippen LogP contribution in [0.3, 0.4) is 0 Å². The van der Waals surface area contributed by atoms with Crippen molar-refractivity contribution in [1.29, 1.82) is 0 Å². The Hall–Kier alpha value is -1.29. The molecular formula is C9H12N2O2. The van der Waals surface area contributed by atoms with Gasteiger partial charge in [-0.2, -0.15) is 0 Å². The second-order valence-electron chi connectivity index (χ2n) is 3.33. The highest BCUT2D eigenvalue weighted by Gasteiger charge is 2.34. The second kappa shape index (κ2) is 3.22. The monoisotopic (exact) mass is 180 g/mol. The van der Waals surface area contributed by atoms with Crippen molar-refractivity contribution in [3.8, 4) is 0 Å². The molecular weight excluding hydrogens is 168 g/mol. The number of amides is 1. The average molecular weight is 180 g/mol. The van der Waals surface area contributed by atoms with Crippen molar-refractivity contribution in [3.63, 3.8) is 0 Å². The molecule has 13 heavy (non-hydrogen) atoms. The number of furan rings is 1. The molecule has 1 saturated carbocycles. The van der Waals surface area contributed by atoms with Crippen LogP contribution >= 0.6 is 0 Å². The number of rotatable bonds is 3. The Labute approximate surface area is 76.1 Å². The molecule has 1 aliphatic carbocycles. The maximum atomic E-state index is 11.3. The van der Waals surface area contributed by atoms with Crippen LogP contribution in [0.5, 0.6) is 0 Å². The summed E-state index contributed by atoms with van der Waals surface area (Å²) >= 11 is 0. The first-order valence-corrected chi connectivity index (χ1v) is 4.33. The standard InChI is InChI=1S/C9H12N2O2/c10-7-5-8(7)11-9(12)4-6-2-1-3-13-6/h1-3,7-8H,4-5,10H2,(H,11,12). The second-order valence-corrected chi connectivity index (χ2v) is 3.33. The van der Waals surface area contributed by atoms with Gasteiger partial charge in [-0.25, -0.2) is 0 Å². The lowest BCUT2D eigenvalue weighted by Crippen LogP contribution is -2.30. The maximum absolute atomic E-state index is 11.3. The van der Waals surface area contributed by atoms with Crippen LogP contribution in [-0.4, -0.2) is 18.0 Å². The number of carbonyl (C=O) groups is 1. The minimum atomic E-state index is -0.0205. The van der Waals surface area contributed by atoms with E-state index in [9.17, 15) is 4.79 Å². The minimum absolute atomic E-state index is 0.0205. The van der Waals surface area contributed by atoms with E-state index < -0.39 is 0 Å². The van der Waals surface area contributed by atoms with E-state index in [0.717, 1.165) is 6.42 Å². The van der Waals surface area contributed by atoms with E-state index in [2.05, 4.69) is 5.32 Å². The van der Waals surface area contributed by atoms with Crippen molar-refractivity contribution in [2.45, 2.75) is 24.9 Å². The summed E-state index contributed by atoms with van der Waals surface area (Å²) in [4.78, 5) is 11.3. The van der Waals surface area contributed by atoms with Crippen molar-refractivity contribution >= 4 is 5.91 Å². The molecule has 1 aliphatic rings. The van der Waals surface area contributed by atoms with Gasteiger partial charge in [-0.15, -0.1) is 0 Å². The highest BCUT2D eigenvalue weighted by Crippen LogP contribution is 2.17.